The molecule has 47 heavy (non-hydrogen) atoms. The summed E-state index contributed by atoms with van der Waals surface area (Å²) in [5, 5.41) is 0. The van der Waals surface area contributed by atoms with Crippen LogP contribution in [0, 0.1) is 0 Å². The number of benzene rings is 6. The van der Waals surface area contributed by atoms with Crippen LogP contribution in [-0.2, 0) is 0 Å². The second kappa shape index (κ2) is 14.2. The molecule has 6 aromatic carbocycles. The summed E-state index contributed by atoms with van der Waals surface area (Å²) in [6.07, 6.45) is 1.86. The first-order valence-corrected chi connectivity index (χ1v) is 15.9. The molecule has 1 aromatic heterocycles. The summed E-state index contributed by atoms with van der Waals surface area (Å²) in [5.41, 5.74) is 12.3. The minimum atomic E-state index is 0.924. The molecule has 0 spiro atoms. The summed E-state index contributed by atoms with van der Waals surface area (Å²) in [6, 6.07) is 70.0. The standard InChI is InChI=1S/C45H34N2/c1-2-13-21-44(39-17-9-5-10-18-39)45(46-34-14-3-1)40-28-32-43(33-29-40)47(41-19-11-6-12-20-41)42-30-26-38(27-31-42)37-24-22-36(23-25-37)35-15-7-4-8-16-35/h1-34H. The Morgan fingerprint density at radius 1 is 0.277 bits per heavy atom. The predicted molar refractivity (Wildman–Crippen MR) is 198 cm³/mol. The molecule has 0 bridgehead atoms. The van der Waals surface area contributed by atoms with E-state index in [0.717, 1.165) is 39.4 Å². The topological polar surface area (TPSA) is 16.1 Å². The molecule has 224 valence electrons. The summed E-state index contributed by atoms with van der Waals surface area (Å²) in [4.78, 5) is 7.23. The van der Waals surface area contributed by atoms with Crippen LogP contribution in [0.3, 0.4) is 0 Å². The summed E-state index contributed by atoms with van der Waals surface area (Å²) in [5.74, 6) is 0. The van der Waals surface area contributed by atoms with E-state index in [-0.39, 0.29) is 0 Å². The summed E-state index contributed by atoms with van der Waals surface area (Å²) >= 11 is 0. The van der Waals surface area contributed by atoms with Gasteiger partial charge in [0.05, 0.1) is 5.69 Å². The molecular formula is C45H34N2. The van der Waals surface area contributed by atoms with Gasteiger partial charge in [-0.15, -0.1) is 0 Å². The van der Waals surface area contributed by atoms with Gasteiger partial charge < -0.3 is 4.90 Å². The van der Waals surface area contributed by atoms with Gasteiger partial charge in [0.1, 0.15) is 0 Å². The molecule has 0 aliphatic heterocycles. The monoisotopic (exact) mass is 602 g/mol. The number of nitrogens with zero attached hydrogens (tertiary/aromatic N) is 2. The molecule has 0 aliphatic rings. The molecule has 0 radical (unpaired) electrons. The maximum Gasteiger partial charge on any atom is 0.0780 e. The lowest BCUT2D eigenvalue weighted by atomic mass is 9.99. The van der Waals surface area contributed by atoms with Crippen molar-refractivity contribution in [3.8, 4) is 44.6 Å². The fourth-order valence-electron chi connectivity index (χ4n) is 5.82. The normalized spacial score (nSPS) is 10.6. The van der Waals surface area contributed by atoms with E-state index in [0.29, 0.717) is 0 Å². The number of rotatable bonds is 7. The first-order chi connectivity index (χ1) is 23.3. The quantitative estimate of drug-likeness (QED) is 0.180. The molecule has 0 unspecified atom stereocenters. The van der Waals surface area contributed by atoms with Gasteiger partial charge >= 0.3 is 0 Å². The van der Waals surface area contributed by atoms with Crippen LogP contribution in [0.2, 0.25) is 0 Å². The molecule has 0 saturated carbocycles. The van der Waals surface area contributed by atoms with Crippen molar-refractivity contribution in [2.24, 2.45) is 0 Å². The lowest BCUT2D eigenvalue weighted by Gasteiger charge is -2.26. The van der Waals surface area contributed by atoms with Gasteiger partial charge in [0.15, 0.2) is 0 Å². The van der Waals surface area contributed by atoms with Crippen molar-refractivity contribution in [2.75, 3.05) is 4.90 Å². The minimum absolute atomic E-state index is 0.924. The third-order valence-electron chi connectivity index (χ3n) is 8.20. The van der Waals surface area contributed by atoms with Crippen molar-refractivity contribution < 1.29 is 0 Å². The highest BCUT2D eigenvalue weighted by Gasteiger charge is 2.14. The third kappa shape index (κ3) is 6.88. The average Bonchev–Trinajstić information content (AvgIpc) is 3.15. The third-order valence-corrected chi connectivity index (χ3v) is 8.20. The van der Waals surface area contributed by atoms with E-state index in [1.165, 1.54) is 22.3 Å². The lowest BCUT2D eigenvalue weighted by Crippen LogP contribution is -2.09. The Morgan fingerprint density at radius 2 is 0.638 bits per heavy atom. The molecule has 0 atom stereocenters. The molecule has 1 heterocycles. The second-order valence-electron chi connectivity index (χ2n) is 11.2. The van der Waals surface area contributed by atoms with Crippen molar-refractivity contribution in [1.82, 2.24) is 4.98 Å². The first-order valence-electron chi connectivity index (χ1n) is 15.9. The van der Waals surface area contributed by atoms with Crippen LogP contribution >= 0.6 is 0 Å². The molecular weight excluding hydrogens is 569 g/mol. The highest BCUT2D eigenvalue weighted by atomic mass is 15.1. The van der Waals surface area contributed by atoms with Crippen LogP contribution < -0.4 is 4.90 Å². The second-order valence-corrected chi connectivity index (χ2v) is 11.2. The van der Waals surface area contributed by atoms with E-state index in [2.05, 4.69) is 175 Å². The fraction of sp³-hybridized carbons (Fsp3) is 0. The van der Waals surface area contributed by atoms with E-state index in [4.69, 9.17) is 4.98 Å². The minimum Gasteiger partial charge on any atom is -0.311 e. The van der Waals surface area contributed by atoms with Crippen molar-refractivity contribution in [3.63, 3.8) is 0 Å². The summed E-state index contributed by atoms with van der Waals surface area (Å²) in [6.45, 7) is 0. The molecule has 2 nitrogen and oxygen atoms in total. The Morgan fingerprint density at radius 3 is 1.21 bits per heavy atom. The van der Waals surface area contributed by atoms with Gasteiger partial charge in [-0.3, -0.25) is 4.98 Å². The summed E-state index contributed by atoms with van der Waals surface area (Å²) < 4.78 is 0. The molecule has 7 rings (SSSR count). The smallest absolute Gasteiger partial charge is 0.0780 e. The van der Waals surface area contributed by atoms with Gasteiger partial charge in [-0.25, -0.2) is 0 Å². The zero-order valence-electron chi connectivity index (χ0n) is 26.0. The SMILES string of the molecule is c1cccnc(-c2ccc(N(c3ccccc3)c3ccc(-c4ccc(-c5ccccc5)cc4)cc3)cc2)c(-c2ccccc2)ccc1. The van der Waals surface area contributed by atoms with Crippen LogP contribution in [0.5, 0.6) is 0 Å². The van der Waals surface area contributed by atoms with Crippen LogP contribution in [0.25, 0.3) is 44.6 Å². The van der Waals surface area contributed by atoms with E-state index >= 15 is 0 Å². The number of hydrogen-bond acceptors (Lipinski definition) is 2. The Labute approximate surface area is 277 Å². The van der Waals surface area contributed by atoms with E-state index in [9.17, 15) is 0 Å². The Hall–Kier alpha value is -6.25. The first kappa shape index (κ1) is 29.5. The molecule has 0 fully saturated rings. The maximum absolute atomic E-state index is 4.93. The number of hydrogen-bond donors (Lipinski definition) is 0. The van der Waals surface area contributed by atoms with E-state index in [1.54, 1.807) is 0 Å². The van der Waals surface area contributed by atoms with E-state index in [1.807, 2.05) is 36.5 Å². The van der Waals surface area contributed by atoms with Crippen LogP contribution in [0.4, 0.5) is 17.1 Å². The van der Waals surface area contributed by atoms with Crippen molar-refractivity contribution in [2.45, 2.75) is 0 Å². The molecule has 0 aliphatic carbocycles. The highest BCUT2D eigenvalue weighted by Crippen LogP contribution is 2.37. The van der Waals surface area contributed by atoms with Gasteiger partial charge in [0.2, 0.25) is 0 Å². The zero-order chi connectivity index (χ0) is 31.7. The lowest BCUT2D eigenvalue weighted by molar-refractivity contribution is 1.28. The summed E-state index contributed by atoms with van der Waals surface area (Å²) in [7, 11) is 0. The van der Waals surface area contributed by atoms with Gasteiger partial charge in [-0.2, -0.15) is 0 Å². The fourth-order valence-corrected chi connectivity index (χ4v) is 5.82. The number of anilines is 3. The van der Waals surface area contributed by atoms with Crippen LogP contribution in [0.1, 0.15) is 0 Å². The number of para-hydroxylation sites is 1. The van der Waals surface area contributed by atoms with Crippen LogP contribution in [0.15, 0.2) is 206 Å². The zero-order valence-corrected chi connectivity index (χ0v) is 26.0. The predicted octanol–water partition coefficient (Wildman–Crippen LogP) is 12.3. The van der Waals surface area contributed by atoms with Crippen molar-refractivity contribution in [1.29, 1.82) is 0 Å². The van der Waals surface area contributed by atoms with E-state index < -0.39 is 0 Å². The highest BCUT2D eigenvalue weighted by molar-refractivity contribution is 5.83. The van der Waals surface area contributed by atoms with Gasteiger partial charge in [0, 0.05) is 34.4 Å². The molecule has 0 amide bonds. The molecule has 0 N–H and O–H groups in total. The van der Waals surface area contributed by atoms with Gasteiger partial charge in [-0.05, 0) is 70.3 Å². The van der Waals surface area contributed by atoms with Crippen LogP contribution in [-0.4, -0.2) is 4.98 Å². The maximum atomic E-state index is 4.93. The average molecular weight is 603 g/mol. The van der Waals surface area contributed by atoms with Gasteiger partial charge in [0.25, 0.3) is 0 Å². The van der Waals surface area contributed by atoms with Gasteiger partial charge in [-0.1, -0.05) is 158 Å². The Bertz CT molecular complexity index is 2090. The molecule has 2 heteroatoms. The molecule has 7 aromatic rings. The van der Waals surface area contributed by atoms with Crippen molar-refractivity contribution in [3.05, 3.63) is 206 Å². The number of aromatic nitrogens is 1. The Balaban J connectivity index is 1.24. The van der Waals surface area contributed by atoms with Crippen molar-refractivity contribution >= 4 is 17.1 Å². The molecule has 0 saturated heterocycles. The Kier molecular flexibility index (Phi) is 8.92. The largest absolute Gasteiger partial charge is 0.311 e.